The van der Waals surface area contributed by atoms with E-state index in [1.165, 1.54) is 12.1 Å². The van der Waals surface area contributed by atoms with Crippen molar-refractivity contribution in [2.75, 3.05) is 19.6 Å². The quantitative estimate of drug-likeness (QED) is 0.850. The van der Waals surface area contributed by atoms with Crippen molar-refractivity contribution in [1.29, 1.82) is 0 Å². The van der Waals surface area contributed by atoms with E-state index in [4.69, 9.17) is 0 Å². The van der Waals surface area contributed by atoms with Gasteiger partial charge in [-0.05, 0) is 43.5 Å². The topological polar surface area (TPSA) is 52.6 Å². The fraction of sp³-hybridized carbons (Fsp3) is 0.533. The summed E-state index contributed by atoms with van der Waals surface area (Å²) in [6.45, 7) is 4.17. The number of hydrogen-bond donors (Lipinski definition) is 2. The van der Waals surface area contributed by atoms with Crippen LogP contribution in [0.1, 0.15) is 18.9 Å². The molecule has 1 heterocycles. The van der Waals surface area contributed by atoms with E-state index in [-0.39, 0.29) is 23.7 Å². The van der Waals surface area contributed by atoms with Crippen LogP contribution in [0.15, 0.2) is 24.3 Å². The zero-order valence-electron chi connectivity index (χ0n) is 11.7. The first-order valence-electron chi connectivity index (χ1n) is 6.96. The van der Waals surface area contributed by atoms with E-state index in [2.05, 4.69) is 10.2 Å². The first-order chi connectivity index (χ1) is 9.54. The van der Waals surface area contributed by atoms with Crippen molar-refractivity contribution in [3.8, 4) is 0 Å². The van der Waals surface area contributed by atoms with E-state index in [1.807, 2.05) is 0 Å². The summed E-state index contributed by atoms with van der Waals surface area (Å²) in [5, 5.41) is 12.3. The molecule has 110 valence electrons. The van der Waals surface area contributed by atoms with Gasteiger partial charge < -0.3 is 10.4 Å². The second-order valence-electron chi connectivity index (χ2n) is 5.43. The maximum atomic E-state index is 12.7. The van der Waals surface area contributed by atoms with Crippen molar-refractivity contribution in [3.05, 3.63) is 35.6 Å². The minimum absolute atomic E-state index is 0.0411. The monoisotopic (exact) mass is 280 g/mol. The molecule has 0 bridgehead atoms. The molecule has 2 atom stereocenters. The molecule has 1 aliphatic rings. The van der Waals surface area contributed by atoms with Crippen LogP contribution in [-0.2, 0) is 11.3 Å². The zero-order chi connectivity index (χ0) is 14.5. The van der Waals surface area contributed by atoms with Crippen molar-refractivity contribution in [2.45, 2.75) is 26.0 Å². The van der Waals surface area contributed by atoms with Gasteiger partial charge in [-0.2, -0.15) is 0 Å². The third-order valence-electron chi connectivity index (χ3n) is 3.76. The average molecular weight is 280 g/mol. The Hall–Kier alpha value is -1.46. The Morgan fingerprint density at radius 2 is 2.20 bits per heavy atom. The number of hydrogen-bond acceptors (Lipinski definition) is 3. The Kier molecular flexibility index (Phi) is 5.09. The SMILES string of the molecule is CC(O)C1CCN(CC(=O)NCc2ccc(F)cc2)C1. The summed E-state index contributed by atoms with van der Waals surface area (Å²) >= 11 is 0. The van der Waals surface area contributed by atoms with E-state index in [0.29, 0.717) is 13.1 Å². The summed E-state index contributed by atoms with van der Waals surface area (Å²) in [5.41, 5.74) is 0.878. The highest BCUT2D eigenvalue weighted by atomic mass is 19.1. The fourth-order valence-corrected chi connectivity index (χ4v) is 2.46. The molecule has 2 rings (SSSR count). The molecule has 1 amide bonds. The van der Waals surface area contributed by atoms with Gasteiger partial charge in [0, 0.05) is 13.1 Å². The van der Waals surface area contributed by atoms with Gasteiger partial charge in [-0.25, -0.2) is 4.39 Å². The van der Waals surface area contributed by atoms with Gasteiger partial charge in [-0.1, -0.05) is 12.1 Å². The Bertz CT molecular complexity index is 448. The molecular formula is C15H21FN2O2. The summed E-state index contributed by atoms with van der Waals surface area (Å²) in [7, 11) is 0. The molecule has 1 saturated heterocycles. The maximum Gasteiger partial charge on any atom is 0.234 e. The van der Waals surface area contributed by atoms with Crippen molar-refractivity contribution in [2.24, 2.45) is 5.92 Å². The van der Waals surface area contributed by atoms with Gasteiger partial charge in [-0.3, -0.25) is 9.69 Å². The number of likely N-dealkylation sites (tertiary alicyclic amines) is 1. The number of halogens is 1. The third-order valence-corrected chi connectivity index (χ3v) is 3.76. The molecule has 4 nitrogen and oxygen atoms in total. The van der Waals surface area contributed by atoms with E-state index in [1.54, 1.807) is 19.1 Å². The molecule has 1 aromatic carbocycles. The van der Waals surface area contributed by atoms with Gasteiger partial charge in [0.05, 0.1) is 12.6 Å². The lowest BCUT2D eigenvalue weighted by atomic mass is 10.0. The molecular weight excluding hydrogens is 259 g/mol. The van der Waals surface area contributed by atoms with Crippen LogP contribution >= 0.6 is 0 Å². The van der Waals surface area contributed by atoms with Crippen molar-refractivity contribution < 1.29 is 14.3 Å². The van der Waals surface area contributed by atoms with Crippen LogP contribution in [0, 0.1) is 11.7 Å². The number of carbonyl (C=O) groups excluding carboxylic acids is 1. The molecule has 5 heteroatoms. The molecule has 0 aromatic heterocycles. The Balaban J connectivity index is 1.72. The van der Waals surface area contributed by atoms with Crippen LogP contribution in [0.4, 0.5) is 4.39 Å². The number of rotatable bonds is 5. The van der Waals surface area contributed by atoms with Crippen LogP contribution in [0.5, 0.6) is 0 Å². The van der Waals surface area contributed by atoms with E-state index in [0.717, 1.165) is 25.1 Å². The van der Waals surface area contributed by atoms with Gasteiger partial charge in [0.1, 0.15) is 5.82 Å². The molecule has 0 saturated carbocycles. The molecule has 0 aliphatic carbocycles. The van der Waals surface area contributed by atoms with Crippen LogP contribution in [0.2, 0.25) is 0 Å². The predicted molar refractivity (Wildman–Crippen MR) is 74.5 cm³/mol. The molecule has 20 heavy (non-hydrogen) atoms. The lowest BCUT2D eigenvalue weighted by Crippen LogP contribution is -2.36. The summed E-state index contributed by atoms with van der Waals surface area (Å²) in [6.07, 6.45) is 0.616. The van der Waals surface area contributed by atoms with Crippen molar-refractivity contribution in [1.82, 2.24) is 10.2 Å². The van der Waals surface area contributed by atoms with Gasteiger partial charge >= 0.3 is 0 Å². The number of aliphatic hydroxyl groups is 1. The lowest BCUT2D eigenvalue weighted by Gasteiger charge is -2.17. The fourth-order valence-electron chi connectivity index (χ4n) is 2.46. The molecule has 1 aromatic rings. The molecule has 1 fully saturated rings. The molecule has 0 radical (unpaired) electrons. The highest BCUT2D eigenvalue weighted by Crippen LogP contribution is 2.18. The van der Waals surface area contributed by atoms with Crippen LogP contribution in [0.25, 0.3) is 0 Å². The van der Waals surface area contributed by atoms with Crippen molar-refractivity contribution >= 4 is 5.91 Å². The van der Waals surface area contributed by atoms with Crippen molar-refractivity contribution in [3.63, 3.8) is 0 Å². The second-order valence-corrected chi connectivity index (χ2v) is 5.43. The minimum Gasteiger partial charge on any atom is -0.393 e. The zero-order valence-corrected chi connectivity index (χ0v) is 11.7. The number of aliphatic hydroxyl groups excluding tert-OH is 1. The van der Waals surface area contributed by atoms with Crippen LogP contribution in [0.3, 0.4) is 0 Å². The van der Waals surface area contributed by atoms with Crippen LogP contribution < -0.4 is 5.32 Å². The Morgan fingerprint density at radius 1 is 1.50 bits per heavy atom. The number of benzene rings is 1. The third kappa shape index (κ3) is 4.28. The summed E-state index contributed by atoms with van der Waals surface area (Å²) in [4.78, 5) is 13.9. The predicted octanol–water partition coefficient (Wildman–Crippen LogP) is 1.14. The highest BCUT2D eigenvalue weighted by molar-refractivity contribution is 5.78. The maximum absolute atomic E-state index is 12.7. The van der Waals surface area contributed by atoms with Gasteiger partial charge in [-0.15, -0.1) is 0 Å². The minimum atomic E-state index is -0.317. The standard InChI is InChI=1S/C15H21FN2O2/c1-11(19)13-6-7-18(9-13)10-15(20)17-8-12-2-4-14(16)5-3-12/h2-5,11,13,19H,6-10H2,1H3,(H,17,20). The van der Waals surface area contributed by atoms with Gasteiger partial charge in [0.25, 0.3) is 0 Å². The largest absolute Gasteiger partial charge is 0.393 e. The van der Waals surface area contributed by atoms with E-state index < -0.39 is 0 Å². The average Bonchev–Trinajstić information content (AvgIpc) is 2.87. The smallest absolute Gasteiger partial charge is 0.234 e. The summed E-state index contributed by atoms with van der Waals surface area (Å²) < 4.78 is 12.7. The van der Waals surface area contributed by atoms with Gasteiger partial charge in [0.15, 0.2) is 0 Å². The van der Waals surface area contributed by atoms with Gasteiger partial charge in [0.2, 0.25) is 5.91 Å². The second kappa shape index (κ2) is 6.81. The van der Waals surface area contributed by atoms with E-state index in [9.17, 15) is 14.3 Å². The number of amides is 1. The molecule has 2 N–H and O–H groups in total. The van der Waals surface area contributed by atoms with Crippen LogP contribution in [-0.4, -0.2) is 41.7 Å². The number of nitrogens with zero attached hydrogens (tertiary/aromatic N) is 1. The van der Waals surface area contributed by atoms with E-state index >= 15 is 0 Å². The number of carbonyl (C=O) groups is 1. The summed E-state index contributed by atoms with van der Waals surface area (Å²) in [6, 6.07) is 6.09. The lowest BCUT2D eigenvalue weighted by molar-refractivity contribution is -0.122. The molecule has 1 aliphatic heterocycles. The first kappa shape index (κ1) is 14.9. The Morgan fingerprint density at radius 3 is 2.80 bits per heavy atom. The summed E-state index contributed by atoms with van der Waals surface area (Å²) in [5.74, 6) is -0.0539. The molecule has 2 unspecified atom stereocenters. The number of nitrogens with one attached hydrogen (secondary N) is 1. The normalized spacial score (nSPS) is 20.9. The first-order valence-corrected chi connectivity index (χ1v) is 6.96. The highest BCUT2D eigenvalue weighted by Gasteiger charge is 2.26. The Labute approximate surface area is 118 Å². The molecule has 0 spiro atoms.